The van der Waals surface area contributed by atoms with Crippen LogP contribution in [0.3, 0.4) is 0 Å². The zero-order valence-corrected chi connectivity index (χ0v) is 23.8. The number of thiophene rings is 1. The van der Waals surface area contributed by atoms with Crippen molar-refractivity contribution < 1.29 is 13.5 Å². The molecule has 1 aliphatic carbocycles. The predicted octanol–water partition coefficient (Wildman–Crippen LogP) is 3.88. The molecule has 0 amide bonds. The van der Waals surface area contributed by atoms with E-state index in [1.807, 2.05) is 22.9 Å². The molecule has 12 heteroatoms. The van der Waals surface area contributed by atoms with Crippen molar-refractivity contribution in [1.82, 2.24) is 24.1 Å². The molecule has 1 atom stereocenters. The van der Waals surface area contributed by atoms with Crippen molar-refractivity contribution in [2.45, 2.75) is 44.5 Å². The van der Waals surface area contributed by atoms with Gasteiger partial charge in [-0.3, -0.25) is 0 Å². The summed E-state index contributed by atoms with van der Waals surface area (Å²) in [7, 11) is -3.47. The number of piperidine rings is 1. The Morgan fingerprint density at radius 2 is 1.98 bits per heavy atom. The Morgan fingerprint density at radius 3 is 2.73 bits per heavy atom. The molecule has 0 radical (unpaired) electrons. The van der Waals surface area contributed by atoms with Gasteiger partial charge in [0.15, 0.2) is 5.82 Å². The molecule has 0 spiro atoms. The molecule has 2 fully saturated rings. The highest BCUT2D eigenvalue weighted by atomic mass is 32.2. The summed E-state index contributed by atoms with van der Waals surface area (Å²) in [6.45, 7) is 5.52. The summed E-state index contributed by atoms with van der Waals surface area (Å²) in [5.41, 5.74) is 2.92. The molecule has 2 aliphatic rings. The van der Waals surface area contributed by atoms with E-state index in [0.717, 1.165) is 20.9 Å². The fourth-order valence-corrected chi connectivity index (χ4v) is 6.74. The summed E-state index contributed by atoms with van der Waals surface area (Å²) in [6, 6.07) is 5.66. The average Bonchev–Trinajstić information content (AvgIpc) is 3.45. The number of aliphatic hydroxyl groups excluding tert-OH is 1. The molecule has 40 heavy (non-hydrogen) atoms. The van der Waals surface area contributed by atoms with E-state index >= 15 is 0 Å². The third-order valence-electron chi connectivity index (χ3n) is 7.19. The van der Waals surface area contributed by atoms with Crippen LogP contribution >= 0.6 is 11.3 Å². The number of nitrogens with zero attached hydrogens (tertiary/aromatic N) is 6. The minimum atomic E-state index is -3.47. The Balaban J connectivity index is 1.29. The fourth-order valence-electron chi connectivity index (χ4n) is 4.67. The standard InChI is InChI=1S/C28H29N7O3S2/c1-28(2)18-34(11-8-24(28)36)23-13-26(30-14-20(23)4-3-19-9-12-39-17-19)32-25-7-10-29-27(33-25)21-15-31-35(16-21)40(37,38)22-5-6-22/h7,9-10,12-17,22,24,36H,5-6,8,11,18H2,1-2H3,(H,29,30,32,33). The Morgan fingerprint density at radius 1 is 1.12 bits per heavy atom. The maximum absolute atomic E-state index is 12.5. The van der Waals surface area contributed by atoms with E-state index in [1.165, 1.54) is 12.4 Å². The lowest BCUT2D eigenvalue weighted by Crippen LogP contribution is -2.48. The quantitative estimate of drug-likeness (QED) is 0.330. The maximum atomic E-state index is 12.5. The highest BCUT2D eigenvalue weighted by Crippen LogP contribution is 2.35. The molecule has 0 aromatic carbocycles. The van der Waals surface area contributed by atoms with Crippen molar-refractivity contribution in [2.24, 2.45) is 5.41 Å². The Labute approximate surface area is 237 Å². The first-order valence-electron chi connectivity index (χ1n) is 13.1. The van der Waals surface area contributed by atoms with Crippen LogP contribution in [0.5, 0.6) is 0 Å². The highest BCUT2D eigenvalue weighted by molar-refractivity contribution is 7.90. The number of anilines is 3. The van der Waals surface area contributed by atoms with Gasteiger partial charge in [-0.25, -0.2) is 23.4 Å². The van der Waals surface area contributed by atoms with E-state index in [9.17, 15) is 13.5 Å². The lowest BCUT2D eigenvalue weighted by atomic mass is 9.81. The minimum Gasteiger partial charge on any atom is -0.392 e. The summed E-state index contributed by atoms with van der Waals surface area (Å²) in [6.07, 6.45) is 7.89. The molecule has 1 aliphatic heterocycles. The van der Waals surface area contributed by atoms with Crippen LogP contribution in [-0.2, 0) is 10.0 Å². The highest BCUT2D eigenvalue weighted by Gasteiger charge is 2.38. The van der Waals surface area contributed by atoms with Crippen LogP contribution in [0.4, 0.5) is 17.3 Å². The fraction of sp³-hybridized carbons (Fsp3) is 0.357. The maximum Gasteiger partial charge on any atom is 0.256 e. The second-order valence-electron chi connectivity index (χ2n) is 10.8. The molecule has 1 unspecified atom stereocenters. The van der Waals surface area contributed by atoms with Crippen molar-refractivity contribution in [3.63, 3.8) is 0 Å². The van der Waals surface area contributed by atoms with Gasteiger partial charge >= 0.3 is 0 Å². The van der Waals surface area contributed by atoms with Crippen molar-refractivity contribution in [1.29, 1.82) is 0 Å². The zero-order chi connectivity index (χ0) is 27.9. The molecular weight excluding hydrogens is 546 g/mol. The monoisotopic (exact) mass is 575 g/mol. The summed E-state index contributed by atoms with van der Waals surface area (Å²) in [4.78, 5) is 15.7. The van der Waals surface area contributed by atoms with Crippen LogP contribution < -0.4 is 10.2 Å². The van der Waals surface area contributed by atoms with E-state index in [-0.39, 0.29) is 16.8 Å². The molecule has 10 nitrogen and oxygen atoms in total. The van der Waals surface area contributed by atoms with E-state index in [0.29, 0.717) is 55.4 Å². The number of rotatable bonds is 6. The van der Waals surface area contributed by atoms with Gasteiger partial charge in [0, 0.05) is 47.9 Å². The van der Waals surface area contributed by atoms with Gasteiger partial charge in [-0.05, 0) is 36.8 Å². The molecule has 1 saturated heterocycles. The van der Waals surface area contributed by atoms with Gasteiger partial charge in [0.2, 0.25) is 0 Å². The lowest BCUT2D eigenvalue weighted by Gasteiger charge is -2.43. The summed E-state index contributed by atoms with van der Waals surface area (Å²) in [5.74, 6) is 7.94. The lowest BCUT2D eigenvalue weighted by molar-refractivity contribution is 0.0336. The van der Waals surface area contributed by atoms with Gasteiger partial charge in [-0.2, -0.15) is 20.5 Å². The third-order valence-corrected chi connectivity index (χ3v) is 9.91. The smallest absolute Gasteiger partial charge is 0.256 e. The van der Waals surface area contributed by atoms with Crippen molar-refractivity contribution in [2.75, 3.05) is 23.3 Å². The Hall–Kier alpha value is -3.79. The van der Waals surface area contributed by atoms with Gasteiger partial charge in [0.25, 0.3) is 10.0 Å². The predicted molar refractivity (Wildman–Crippen MR) is 155 cm³/mol. The zero-order valence-electron chi connectivity index (χ0n) is 22.1. The van der Waals surface area contributed by atoms with E-state index < -0.39 is 10.0 Å². The van der Waals surface area contributed by atoms with Crippen LogP contribution in [-0.4, -0.2) is 62.1 Å². The second kappa shape index (κ2) is 10.3. The number of aromatic nitrogens is 5. The van der Waals surface area contributed by atoms with E-state index in [1.54, 1.807) is 29.8 Å². The molecule has 0 bridgehead atoms. The molecule has 5 heterocycles. The van der Waals surface area contributed by atoms with Gasteiger partial charge in [0.1, 0.15) is 11.6 Å². The van der Waals surface area contributed by atoms with E-state index in [4.69, 9.17) is 0 Å². The van der Waals surface area contributed by atoms with Crippen LogP contribution in [0, 0.1) is 17.3 Å². The van der Waals surface area contributed by atoms with Gasteiger partial charge in [-0.1, -0.05) is 25.7 Å². The number of pyridine rings is 1. The van der Waals surface area contributed by atoms with Crippen LogP contribution in [0.15, 0.2) is 53.7 Å². The molecule has 6 rings (SSSR count). The largest absolute Gasteiger partial charge is 0.392 e. The van der Waals surface area contributed by atoms with Crippen molar-refractivity contribution in [3.05, 3.63) is 64.9 Å². The first-order chi connectivity index (χ1) is 19.2. The van der Waals surface area contributed by atoms with Crippen molar-refractivity contribution in [3.8, 4) is 23.2 Å². The van der Waals surface area contributed by atoms with Crippen LogP contribution in [0.25, 0.3) is 11.4 Å². The number of hydrogen-bond acceptors (Lipinski definition) is 10. The first-order valence-corrected chi connectivity index (χ1v) is 15.5. The number of hydrogen-bond donors (Lipinski definition) is 2. The summed E-state index contributed by atoms with van der Waals surface area (Å²) in [5, 5.41) is 21.5. The van der Waals surface area contributed by atoms with Crippen LogP contribution in [0.1, 0.15) is 44.2 Å². The SMILES string of the molecule is CC1(C)CN(c2cc(Nc3ccnc(-c4cnn(S(=O)(=O)C5CC5)c4)n3)ncc2C#Cc2ccsc2)CCC1O. The topological polar surface area (TPSA) is 126 Å². The average molecular weight is 576 g/mol. The minimum absolute atomic E-state index is 0.272. The normalized spacial score (nSPS) is 18.7. The van der Waals surface area contributed by atoms with Gasteiger partial charge in [0.05, 0.1) is 40.6 Å². The molecule has 4 aromatic heterocycles. The molecule has 2 N–H and O–H groups in total. The number of nitrogens with one attached hydrogen (secondary N) is 1. The second-order valence-corrected chi connectivity index (χ2v) is 13.7. The molecule has 206 valence electrons. The van der Waals surface area contributed by atoms with Gasteiger partial charge < -0.3 is 15.3 Å². The molecular formula is C28H29N7O3S2. The molecule has 4 aromatic rings. The molecule has 1 saturated carbocycles. The van der Waals surface area contributed by atoms with Crippen molar-refractivity contribution >= 4 is 38.7 Å². The Kier molecular flexibility index (Phi) is 6.82. The first kappa shape index (κ1) is 26.4. The summed E-state index contributed by atoms with van der Waals surface area (Å²) < 4.78 is 26.1. The van der Waals surface area contributed by atoms with E-state index in [2.05, 4.69) is 56.0 Å². The third kappa shape index (κ3) is 5.45. The van der Waals surface area contributed by atoms with Crippen LogP contribution in [0.2, 0.25) is 0 Å². The summed E-state index contributed by atoms with van der Waals surface area (Å²) >= 11 is 1.60. The number of aliphatic hydroxyl groups is 1. The van der Waals surface area contributed by atoms with Gasteiger partial charge in [-0.15, -0.1) is 0 Å². The Bertz CT molecular complexity index is 1700.